The van der Waals surface area contributed by atoms with Gasteiger partial charge in [-0.1, -0.05) is 12.1 Å². The summed E-state index contributed by atoms with van der Waals surface area (Å²) in [5.74, 6) is 1.41. The molecule has 1 aliphatic rings. The number of piperidine rings is 1. The van der Waals surface area contributed by atoms with E-state index in [1.807, 2.05) is 24.4 Å². The zero-order valence-electron chi connectivity index (χ0n) is 15.6. The van der Waals surface area contributed by atoms with Crippen LogP contribution >= 0.6 is 15.9 Å². The normalized spacial score (nSPS) is 15.1. The summed E-state index contributed by atoms with van der Waals surface area (Å²) in [6.07, 6.45) is 7.65. The molecule has 146 valence electrons. The highest BCUT2D eigenvalue weighted by atomic mass is 79.9. The molecule has 0 aliphatic carbocycles. The molecule has 0 atom stereocenters. The van der Waals surface area contributed by atoms with Crippen molar-refractivity contribution in [3.8, 4) is 17.0 Å². The summed E-state index contributed by atoms with van der Waals surface area (Å²) in [7, 11) is 0. The average Bonchev–Trinajstić information content (AvgIpc) is 3.18. The zero-order chi connectivity index (χ0) is 19.8. The summed E-state index contributed by atoms with van der Waals surface area (Å²) in [6, 6.07) is 9.23. The molecular formula is C21H19BrN6O. The number of hydrogen-bond donors (Lipinski definition) is 2. The minimum absolute atomic E-state index is 0.209. The van der Waals surface area contributed by atoms with Crippen LogP contribution in [0, 0.1) is 0 Å². The van der Waals surface area contributed by atoms with E-state index in [9.17, 15) is 5.11 Å². The first-order valence-corrected chi connectivity index (χ1v) is 10.3. The van der Waals surface area contributed by atoms with Gasteiger partial charge in [-0.3, -0.25) is 0 Å². The third kappa shape index (κ3) is 3.44. The van der Waals surface area contributed by atoms with E-state index in [1.54, 1.807) is 24.5 Å². The lowest BCUT2D eigenvalue weighted by atomic mass is 9.89. The van der Waals surface area contributed by atoms with E-state index in [2.05, 4.69) is 46.0 Å². The lowest BCUT2D eigenvalue weighted by Crippen LogP contribution is -2.34. The van der Waals surface area contributed by atoms with Crippen molar-refractivity contribution in [1.82, 2.24) is 25.1 Å². The molecule has 1 aromatic carbocycles. The summed E-state index contributed by atoms with van der Waals surface area (Å²) in [6.45, 7) is 1.81. The number of aromatic nitrogens is 5. The number of aromatic hydroxyl groups is 1. The van der Waals surface area contributed by atoms with Crippen molar-refractivity contribution >= 4 is 32.9 Å². The highest BCUT2D eigenvalue weighted by Gasteiger charge is 2.25. The number of hydrogen-bond acceptors (Lipinski definition) is 6. The maximum atomic E-state index is 10.2. The highest BCUT2D eigenvalue weighted by Crippen LogP contribution is 2.35. The van der Waals surface area contributed by atoms with Crippen molar-refractivity contribution in [3.05, 3.63) is 59.0 Å². The van der Waals surface area contributed by atoms with E-state index in [-0.39, 0.29) is 5.75 Å². The molecule has 0 radical (unpaired) electrons. The monoisotopic (exact) mass is 450 g/mol. The molecule has 2 N–H and O–H groups in total. The Bertz CT molecular complexity index is 1150. The molecule has 4 aromatic rings. The van der Waals surface area contributed by atoms with Gasteiger partial charge in [0.15, 0.2) is 5.65 Å². The molecule has 4 heterocycles. The van der Waals surface area contributed by atoms with Crippen molar-refractivity contribution in [1.29, 1.82) is 0 Å². The van der Waals surface area contributed by atoms with E-state index in [1.165, 1.54) is 5.56 Å². The Morgan fingerprint density at radius 1 is 1.07 bits per heavy atom. The second-order valence-corrected chi connectivity index (χ2v) is 8.13. The van der Waals surface area contributed by atoms with Gasteiger partial charge in [0.2, 0.25) is 5.95 Å². The number of nitrogens with one attached hydrogen (secondary N) is 1. The number of rotatable bonds is 3. The van der Waals surface area contributed by atoms with Crippen molar-refractivity contribution in [2.24, 2.45) is 0 Å². The van der Waals surface area contributed by atoms with Gasteiger partial charge in [0.1, 0.15) is 5.75 Å². The third-order valence-corrected chi connectivity index (χ3v) is 5.88. The Morgan fingerprint density at radius 2 is 1.83 bits per heavy atom. The van der Waals surface area contributed by atoms with Crippen LogP contribution in [0.2, 0.25) is 0 Å². The molecule has 1 saturated heterocycles. The second-order valence-electron chi connectivity index (χ2n) is 7.22. The van der Waals surface area contributed by atoms with Crippen LogP contribution in [-0.4, -0.2) is 43.3 Å². The number of phenolic OH excluding ortho intramolecular Hbond substituents is 1. The summed E-state index contributed by atoms with van der Waals surface area (Å²) >= 11 is 3.38. The number of para-hydroxylation sites is 1. The molecule has 0 amide bonds. The number of halogens is 1. The van der Waals surface area contributed by atoms with E-state index >= 15 is 0 Å². The van der Waals surface area contributed by atoms with E-state index < -0.39 is 0 Å². The Morgan fingerprint density at radius 3 is 2.59 bits per heavy atom. The smallest absolute Gasteiger partial charge is 0.225 e. The SMILES string of the molecule is Oc1ccccc1-c1cc2c(C3CCN(c4ncc(Br)cn4)CC3)c[nH]c2nn1. The van der Waals surface area contributed by atoms with Gasteiger partial charge in [0, 0.05) is 42.6 Å². The van der Waals surface area contributed by atoms with Crippen LogP contribution in [0.1, 0.15) is 24.3 Å². The first-order chi connectivity index (χ1) is 14.2. The molecule has 0 bridgehead atoms. The van der Waals surface area contributed by atoms with Crippen LogP contribution in [0.25, 0.3) is 22.3 Å². The Balaban J connectivity index is 1.40. The summed E-state index contributed by atoms with van der Waals surface area (Å²) in [4.78, 5) is 14.3. The van der Waals surface area contributed by atoms with Crippen LogP contribution in [0.4, 0.5) is 5.95 Å². The number of anilines is 1. The first-order valence-electron chi connectivity index (χ1n) is 9.54. The minimum atomic E-state index is 0.209. The van der Waals surface area contributed by atoms with E-state index in [4.69, 9.17) is 0 Å². The van der Waals surface area contributed by atoms with Gasteiger partial charge in [-0.05, 0) is 58.5 Å². The highest BCUT2D eigenvalue weighted by molar-refractivity contribution is 9.10. The number of aromatic amines is 1. The summed E-state index contributed by atoms with van der Waals surface area (Å²) < 4.78 is 0.885. The number of fused-ring (bicyclic) bond motifs is 1. The molecule has 7 nitrogen and oxygen atoms in total. The zero-order valence-corrected chi connectivity index (χ0v) is 17.2. The molecule has 3 aromatic heterocycles. The predicted octanol–water partition coefficient (Wildman–Crippen LogP) is 4.27. The lowest BCUT2D eigenvalue weighted by Gasteiger charge is -2.31. The van der Waals surface area contributed by atoms with Gasteiger partial charge in [-0.25, -0.2) is 9.97 Å². The fraction of sp³-hybridized carbons (Fsp3) is 0.238. The van der Waals surface area contributed by atoms with Crippen molar-refractivity contribution < 1.29 is 5.11 Å². The molecule has 8 heteroatoms. The number of phenols is 1. The fourth-order valence-corrected chi connectivity index (χ4v) is 4.17. The standard InChI is InChI=1S/C21H19BrN6O/c22-14-10-24-21(25-11-14)28-7-5-13(6-8-28)17-12-23-20-16(17)9-18(26-27-20)15-3-1-2-4-19(15)29/h1-4,9-13,29H,5-8H2,(H,23,27). The number of nitrogens with zero attached hydrogens (tertiary/aromatic N) is 5. The van der Waals surface area contributed by atoms with Crippen LogP contribution < -0.4 is 4.90 Å². The summed E-state index contributed by atoms with van der Waals surface area (Å²) in [5, 5.41) is 19.8. The van der Waals surface area contributed by atoms with Gasteiger partial charge in [0.25, 0.3) is 0 Å². The maximum Gasteiger partial charge on any atom is 0.225 e. The fourth-order valence-electron chi connectivity index (χ4n) is 3.96. The third-order valence-electron chi connectivity index (χ3n) is 5.47. The summed E-state index contributed by atoms with van der Waals surface area (Å²) in [5.41, 5.74) is 3.40. The maximum absolute atomic E-state index is 10.2. The van der Waals surface area contributed by atoms with Gasteiger partial charge in [0.05, 0.1) is 10.2 Å². The van der Waals surface area contributed by atoms with Crippen molar-refractivity contribution in [3.63, 3.8) is 0 Å². The molecule has 1 fully saturated rings. The molecule has 1 aliphatic heterocycles. The second kappa shape index (κ2) is 7.44. The molecular weight excluding hydrogens is 432 g/mol. The van der Waals surface area contributed by atoms with Crippen LogP contribution in [0.3, 0.4) is 0 Å². The topological polar surface area (TPSA) is 90.8 Å². The molecule has 5 rings (SSSR count). The Labute approximate surface area is 176 Å². The molecule has 0 saturated carbocycles. The van der Waals surface area contributed by atoms with Gasteiger partial charge in [-0.15, -0.1) is 10.2 Å². The van der Waals surface area contributed by atoms with Crippen LogP contribution in [0.15, 0.2) is 53.4 Å². The van der Waals surface area contributed by atoms with E-state index in [0.717, 1.165) is 47.4 Å². The Hall–Kier alpha value is -3.00. The van der Waals surface area contributed by atoms with Gasteiger partial charge in [-0.2, -0.15) is 0 Å². The largest absolute Gasteiger partial charge is 0.507 e. The van der Waals surface area contributed by atoms with Crippen molar-refractivity contribution in [2.75, 3.05) is 18.0 Å². The average molecular weight is 451 g/mol. The van der Waals surface area contributed by atoms with E-state index in [0.29, 0.717) is 17.2 Å². The molecule has 0 unspecified atom stereocenters. The quantitative estimate of drug-likeness (QED) is 0.484. The Kier molecular flexibility index (Phi) is 4.63. The number of H-pyrrole nitrogens is 1. The molecule has 29 heavy (non-hydrogen) atoms. The predicted molar refractivity (Wildman–Crippen MR) is 115 cm³/mol. The molecule has 0 spiro atoms. The minimum Gasteiger partial charge on any atom is -0.507 e. The van der Waals surface area contributed by atoms with Gasteiger partial charge >= 0.3 is 0 Å². The van der Waals surface area contributed by atoms with Crippen LogP contribution in [-0.2, 0) is 0 Å². The van der Waals surface area contributed by atoms with Crippen molar-refractivity contribution in [2.45, 2.75) is 18.8 Å². The number of benzene rings is 1. The van der Waals surface area contributed by atoms with Gasteiger partial charge < -0.3 is 15.0 Å². The first kappa shape index (κ1) is 18.1. The van der Waals surface area contributed by atoms with Crippen LogP contribution in [0.5, 0.6) is 5.75 Å². The lowest BCUT2D eigenvalue weighted by molar-refractivity contribution is 0.477.